The van der Waals surface area contributed by atoms with Crippen molar-refractivity contribution < 1.29 is 28.5 Å². The van der Waals surface area contributed by atoms with Gasteiger partial charge in [-0.15, -0.1) is 0 Å². The largest absolute Gasteiger partial charge is 0.464 e. The van der Waals surface area contributed by atoms with Gasteiger partial charge in [-0.1, -0.05) is 11.6 Å². The number of halogens is 3. The molecule has 0 aliphatic heterocycles. The molecule has 0 bridgehead atoms. The summed E-state index contributed by atoms with van der Waals surface area (Å²) in [4.78, 5) is 11.1. The van der Waals surface area contributed by atoms with Crippen molar-refractivity contribution in [1.29, 1.82) is 0 Å². The second kappa shape index (κ2) is 6.08. The smallest absolute Gasteiger partial charge is 0.338 e. The predicted molar refractivity (Wildman–Crippen MR) is 59.0 cm³/mol. The Morgan fingerprint density at radius 2 is 1.89 bits per heavy atom. The van der Waals surface area contributed by atoms with Gasteiger partial charge < -0.3 is 14.9 Å². The molecule has 7 heteroatoms. The second-order valence-electron chi connectivity index (χ2n) is 3.42. The van der Waals surface area contributed by atoms with Crippen LogP contribution in [0.5, 0.6) is 0 Å². The lowest BCUT2D eigenvalue weighted by Crippen LogP contribution is -2.31. The molecule has 0 fully saturated rings. The molecule has 0 aliphatic carbocycles. The van der Waals surface area contributed by atoms with Crippen LogP contribution in [0, 0.1) is 11.6 Å². The molecule has 1 aromatic carbocycles. The van der Waals surface area contributed by atoms with E-state index in [0.717, 1.165) is 12.1 Å². The zero-order valence-electron chi connectivity index (χ0n) is 9.36. The summed E-state index contributed by atoms with van der Waals surface area (Å²) in [5.41, 5.74) is -0.833. The van der Waals surface area contributed by atoms with Gasteiger partial charge in [-0.25, -0.2) is 13.6 Å². The van der Waals surface area contributed by atoms with Crippen LogP contribution in [-0.2, 0) is 9.53 Å². The number of esters is 1. The number of aliphatic hydroxyl groups is 2. The first-order valence-electron chi connectivity index (χ1n) is 5.05. The third-order valence-corrected chi connectivity index (χ3v) is 2.38. The van der Waals surface area contributed by atoms with Crippen molar-refractivity contribution in [3.63, 3.8) is 0 Å². The monoisotopic (exact) mass is 280 g/mol. The summed E-state index contributed by atoms with van der Waals surface area (Å²) in [6, 6.07) is 1.53. The Labute approximate surface area is 107 Å². The molecular weight excluding hydrogens is 270 g/mol. The van der Waals surface area contributed by atoms with Crippen LogP contribution in [0.3, 0.4) is 0 Å². The SMILES string of the molecule is CCOC(=O)C(O)C(O)c1c(F)cc(Cl)cc1F. The van der Waals surface area contributed by atoms with Crippen LogP contribution in [0.4, 0.5) is 8.78 Å². The first-order chi connectivity index (χ1) is 8.38. The van der Waals surface area contributed by atoms with Crippen molar-refractivity contribution in [2.24, 2.45) is 0 Å². The van der Waals surface area contributed by atoms with E-state index in [-0.39, 0.29) is 11.6 Å². The Balaban J connectivity index is 3.03. The van der Waals surface area contributed by atoms with Crippen LogP contribution < -0.4 is 0 Å². The number of hydrogen-bond acceptors (Lipinski definition) is 4. The van der Waals surface area contributed by atoms with Gasteiger partial charge in [-0.3, -0.25) is 0 Å². The van der Waals surface area contributed by atoms with E-state index >= 15 is 0 Å². The first-order valence-corrected chi connectivity index (χ1v) is 5.43. The highest BCUT2D eigenvalue weighted by molar-refractivity contribution is 6.30. The Hall–Kier alpha value is -1.24. The Kier molecular flexibility index (Phi) is 5.01. The molecule has 1 aromatic rings. The lowest BCUT2D eigenvalue weighted by atomic mass is 10.0. The molecule has 0 amide bonds. The minimum atomic E-state index is -2.07. The third-order valence-electron chi connectivity index (χ3n) is 2.17. The number of aliphatic hydroxyl groups excluding tert-OH is 2. The van der Waals surface area contributed by atoms with Crippen molar-refractivity contribution in [2.75, 3.05) is 6.61 Å². The number of benzene rings is 1. The third kappa shape index (κ3) is 3.16. The molecule has 0 radical (unpaired) electrons. The molecular formula is C11H11ClF2O4. The number of carbonyl (C=O) groups is 1. The van der Waals surface area contributed by atoms with Crippen LogP contribution in [0.25, 0.3) is 0 Å². The van der Waals surface area contributed by atoms with E-state index in [1.165, 1.54) is 6.92 Å². The van der Waals surface area contributed by atoms with Gasteiger partial charge in [0.25, 0.3) is 0 Å². The minimum absolute atomic E-state index is 0.0335. The molecule has 0 aromatic heterocycles. The van der Waals surface area contributed by atoms with Crippen LogP contribution in [0.2, 0.25) is 5.02 Å². The fourth-order valence-corrected chi connectivity index (χ4v) is 1.54. The summed E-state index contributed by atoms with van der Waals surface area (Å²) in [5.74, 6) is -3.48. The maximum Gasteiger partial charge on any atom is 0.338 e. The molecule has 0 saturated heterocycles. The number of hydrogen-bond donors (Lipinski definition) is 2. The van der Waals surface area contributed by atoms with E-state index in [1.807, 2.05) is 0 Å². The van der Waals surface area contributed by atoms with Crippen LogP contribution in [-0.4, -0.2) is 28.9 Å². The number of rotatable bonds is 4. The topological polar surface area (TPSA) is 66.8 Å². The maximum atomic E-state index is 13.4. The van der Waals surface area contributed by atoms with E-state index < -0.39 is 35.4 Å². The van der Waals surface area contributed by atoms with Gasteiger partial charge in [-0.2, -0.15) is 0 Å². The highest BCUT2D eigenvalue weighted by Gasteiger charge is 2.31. The van der Waals surface area contributed by atoms with Gasteiger partial charge in [0.1, 0.15) is 17.7 Å². The summed E-state index contributed by atoms with van der Waals surface area (Å²) in [5, 5.41) is 18.8. The molecule has 0 heterocycles. The predicted octanol–water partition coefficient (Wildman–Crippen LogP) is 1.58. The average Bonchev–Trinajstić information content (AvgIpc) is 2.26. The quantitative estimate of drug-likeness (QED) is 0.822. The standard InChI is InChI=1S/C11H11ClF2O4/c1-2-18-11(17)10(16)9(15)8-6(13)3-5(12)4-7(8)14/h3-4,9-10,15-16H,2H2,1H3. The van der Waals surface area contributed by atoms with Crippen molar-refractivity contribution in [2.45, 2.75) is 19.1 Å². The van der Waals surface area contributed by atoms with E-state index in [0.29, 0.717) is 0 Å². The van der Waals surface area contributed by atoms with E-state index in [4.69, 9.17) is 11.6 Å². The van der Waals surface area contributed by atoms with E-state index in [1.54, 1.807) is 0 Å². The van der Waals surface area contributed by atoms with Crippen LogP contribution in [0.1, 0.15) is 18.6 Å². The molecule has 0 spiro atoms. The molecule has 2 unspecified atom stereocenters. The van der Waals surface area contributed by atoms with Gasteiger partial charge in [0.05, 0.1) is 12.2 Å². The molecule has 0 aliphatic rings. The zero-order chi connectivity index (χ0) is 13.9. The van der Waals surface area contributed by atoms with Gasteiger partial charge in [0.15, 0.2) is 6.10 Å². The first kappa shape index (κ1) is 14.8. The normalized spacial score (nSPS) is 14.1. The van der Waals surface area contributed by atoms with Gasteiger partial charge in [-0.05, 0) is 19.1 Å². The lowest BCUT2D eigenvalue weighted by Gasteiger charge is -2.17. The Morgan fingerprint density at radius 1 is 1.39 bits per heavy atom. The average molecular weight is 281 g/mol. The van der Waals surface area contributed by atoms with E-state index in [2.05, 4.69) is 4.74 Å². The summed E-state index contributed by atoms with van der Waals surface area (Å²) >= 11 is 5.40. The minimum Gasteiger partial charge on any atom is -0.464 e. The highest BCUT2D eigenvalue weighted by atomic mass is 35.5. The molecule has 2 atom stereocenters. The summed E-state index contributed by atoms with van der Waals surface area (Å²) in [6.07, 6.45) is -4.14. The molecule has 4 nitrogen and oxygen atoms in total. The highest BCUT2D eigenvalue weighted by Crippen LogP contribution is 2.27. The number of carbonyl (C=O) groups excluding carboxylic acids is 1. The summed E-state index contributed by atoms with van der Waals surface area (Å²) < 4.78 is 31.3. The maximum absolute atomic E-state index is 13.4. The van der Waals surface area contributed by atoms with Gasteiger partial charge in [0.2, 0.25) is 0 Å². The van der Waals surface area contributed by atoms with Crippen LogP contribution >= 0.6 is 11.6 Å². The van der Waals surface area contributed by atoms with E-state index in [9.17, 15) is 23.8 Å². The lowest BCUT2D eigenvalue weighted by molar-refractivity contribution is -0.159. The molecule has 2 N–H and O–H groups in total. The molecule has 0 saturated carbocycles. The Morgan fingerprint density at radius 3 is 2.33 bits per heavy atom. The molecule has 1 rings (SSSR count). The summed E-state index contributed by atoms with van der Waals surface area (Å²) in [6.45, 7) is 1.45. The number of ether oxygens (including phenoxy) is 1. The fourth-order valence-electron chi connectivity index (χ4n) is 1.35. The van der Waals surface area contributed by atoms with Crippen molar-refractivity contribution >= 4 is 17.6 Å². The summed E-state index contributed by atoms with van der Waals surface area (Å²) in [7, 11) is 0. The van der Waals surface area contributed by atoms with Crippen molar-refractivity contribution in [1.82, 2.24) is 0 Å². The van der Waals surface area contributed by atoms with Gasteiger partial charge >= 0.3 is 5.97 Å². The fraction of sp³-hybridized carbons (Fsp3) is 0.364. The zero-order valence-corrected chi connectivity index (χ0v) is 10.1. The van der Waals surface area contributed by atoms with Crippen LogP contribution in [0.15, 0.2) is 12.1 Å². The van der Waals surface area contributed by atoms with Crippen molar-refractivity contribution in [3.05, 3.63) is 34.4 Å². The second-order valence-corrected chi connectivity index (χ2v) is 3.86. The van der Waals surface area contributed by atoms with Gasteiger partial charge in [0, 0.05) is 5.02 Å². The van der Waals surface area contributed by atoms with Crippen molar-refractivity contribution in [3.8, 4) is 0 Å². The molecule has 18 heavy (non-hydrogen) atoms. The Bertz CT molecular complexity index is 430. The molecule has 100 valence electrons.